The van der Waals surface area contributed by atoms with Gasteiger partial charge < -0.3 is 9.84 Å². The molecular weight excluding hydrogens is 144 g/mol. The van der Waals surface area contributed by atoms with Crippen LogP contribution in [0.5, 0.6) is 0 Å². The molecule has 0 aromatic rings. The van der Waals surface area contributed by atoms with Crippen LogP contribution in [0.3, 0.4) is 0 Å². The lowest BCUT2D eigenvalue weighted by Gasteiger charge is -1.99. The van der Waals surface area contributed by atoms with Crippen LogP contribution in [0.15, 0.2) is 11.1 Å². The topological polar surface area (TPSA) is 49.8 Å². The predicted molar refractivity (Wildman–Crippen MR) is 40.4 cm³/mol. The Balaban J connectivity index is 2.52. The second-order valence-corrected chi connectivity index (χ2v) is 2.87. The van der Waals surface area contributed by atoms with Crippen LogP contribution in [-0.4, -0.2) is 23.8 Å². The SMILES string of the molecule is C/C(CC1CO1)=C(\C)C(=O)O. The summed E-state index contributed by atoms with van der Waals surface area (Å²) in [4.78, 5) is 10.4. The summed E-state index contributed by atoms with van der Waals surface area (Å²) in [5.41, 5.74) is 1.36. The highest BCUT2D eigenvalue weighted by Gasteiger charge is 2.23. The predicted octanol–water partition coefficient (Wildman–Crippen LogP) is 1.20. The molecule has 1 atom stereocenters. The minimum absolute atomic E-state index is 0.282. The third-order valence-electron chi connectivity index (χ3n) is 1.90. The van der Waals surface area contributed by atoms with Crippen LogP contribution in [0.25, 0.3) is 0 Å². The van der Waals surface area contributed by atoms with E-state index in [9.17, 15) is 4.79 Å². The normalized spacial score (nSPS) is 24.4. The van der Waals surface area contributed by atoms with Crippen LogP contribution in [0.1, 0.15) is 20.3 Å². The first-order valence-corrected chi connectivity index (χ1v) is 3.62. The van der Waals surface area contributed by atoms with E-state index < -0.39 is 5.97 Å². The second kappa shape index (κ2) is 3.05. The maximum atomic E-state index is 10.4. The maximum absolute atomic E-state index is 10.4. The van der Waals surface area contributed by atoms with E-state index in [4.69, 9.17) is 9.84 Å². The third kappa shape index (κ3) is 2.35. The van der Waals surface area contributed by atoms with Gasteiger partial charge in [-0.2, -0.15) is 0 Å². The molecule has 1 aliphatic heterocycles. The minimum Gasteiger partial charge on any atom is -0.478 e. The Morgan fingerprint density at radius 2 is 2.18 bits per heavy atom. The first-order chi connectivity index (χ1) is 5.11. The summed E-state index contributed by atoms with van der Waals surface area (Å²) in [6.07, 6.45) is 1.04. The number of ether oxygens (including phenoxy) is 1. The Morgan fingerprint density at radius 1 is 1.64 bits per heavy atom. The molecule has 1 rings (SSSR count). The fourth-order valence-electron chi connectivity index (χ4n) is 0.863. The summed E-state index contributed by atoms with van der Waals surface area (Å²) in [6.45, 7) is 4.25. The quantitative estimate of drug-likeness (QED) is 0.493. The van der Waals surface area contributed by atoms with Crippen LogP contribution < -0.4 is 0 Å². The molecule has 1 aliphatic rings. The smallest absolute Gasteiger partial charge is 0.331 e. The van der Waals surface area contributed by atoms with Gasteiger partial charge in [-0.1, -0.05) is 5.57 Å². The molecule has 1 N–H and O–H groups in total. The van der Waals surface area contributed by atoms with E-state index in [0.29, 0.717) is 5.57 Å². The van der Waals surface area contributed by atoms with Gasteiger partial charge in [-0.05, 0) is 20.3 Å². The highest BCUT2D eigenvalue weighted by atomic mass is 16.6. The molecule has 1 unspecified atom stereocenters. The zero-order valence-electron chi connectivity index (χ0n) is 6.76. The van der Waals surface area contributed by atoms with Gasteiger partial charge in [0.15, 0.2) is 0 Å². The maximum Gasteiger partial charge on any atom is 0.331 e. The van der Waals surface area contributed by atoms with Crippen molar-refractivity contribution >= 4 is 5.97 Å². The van der Waals surface area contributed by atoms with Crippen molar-refractivity contribution in [1.29, 1.82) is 0 Å². The van der Waals surface area contributed by atoms with Gasteiger partial charge in [0, 0.05) is 5.57 Å². The van der Waals surface area contributed by atoms with Crippen molar-refractivity contribution in [1.82, 2.24) is 0 Å². The van der Waals surface area contributed by atoms with Crippen molar-refractivity contribution in [2.24, 2.45) is 0 Å². The van der Waals surface area contributed by atoms with Crippen LogP contribution in [0, 0.1) is 0 Å². The summed E-state index contributed by atoms with van der Waals surface area (Å²) < 4.78 is 4.98. The molecule has 3 heteroatoms. The van der Waals surface area contributed by atoms with Crippen molar-refractivity contribution in [2.75, 3.05) is 6.61 Å². The number of carboxylic acid groups (broad SMARTS) is 1. The third-order valence-corrected chi connectivity index (χ3v) is 1.90. The molecule has 0 saturated carbocycles. The number of carbonyl (C=O) groups is 1. The van der Waals surface area contributed by atoms with Crippen LogP contribution in [0.2, 0.25) is 0 Å². The molecule has 1 saturated heterocycles. The van der Waals surface area contributed by atoms with Gasteiger partial charge >= 0.3 is 5.97 Å². The van der Waals surface area contributed by atoms with Crippen LogP contribution >= 0.6 is 0 Å². The molecule has 0 bridgehead atoms. The Labute approximate surface area is 65.7 Å². The van der Waals surface area contributed by atoms with E-state index in [2.05, 4.69) is 0 Å². The van der Waals surface area contributed by atoms with Gasteiger partial charge in [-0.15, -0.1) is 0 Å². The lowest BCUT2D eigenvalue weighted by molar-refractivity contribution is -0.132. The van der Waals surface area contributed by atoms with E-state index in [1.54, 1.807) is 6.92 Å². The molecule has 0 aliphatic carbocycles. The summed E-state index contributed by atoms with van der Waals surface area (Å²) in [7, 11) is 0. The number of rotatable bonds is 3. The monoisotopic (exact) mass is 156 g/mol. The van der Waals surface area contributed by atoms with Gasteiger partial charge in [0.05, 0.1) is 12.7 Å². The zero-order valence-corrected chi connectivity index (χ0v) is 6.76. The minimum atomic E-state index is -0.830. The van der Waals surface area contributed by atoms with Crippen molar-refractivity contribution in [3.8, 4) is 0 Å². The molecule has 0 radical (unpaired) electrons. The van der Waals surface area contributed by atoms with Gasteiger partial charge in [0.25, 0.3) is 0 Å². The molecular formula is C8H12O3. The van der Waals surface area contributed by atoms with Gasteiger partial charge in [0.1, 0.15) is 0 Å². The number of aliphatic carboxylic acids is 1. The van der Waals surface area contributed by atoms with Crippen LogP contribution in [0.4, 0.5) is 0 Å². The molecule has 11 heavy (non-hydrogen) atoms. The molecule has 3 nitrogen and oxygen atoms in total. The standard InChI is InChI=1S/C8H12O3/c1-5(3-7-4-11-7)6(2)8(9)10/h7H,3-4H2,1-2H3,(H,9,10)/b6-5-. The molecule has 1 fully saturated rings. The molecule has 62 valence electrons. The van der Waals surface area contributed by atoms with Crippen molar-refractivity contribution in [3.05, 3.63) is 11.1 Å². The van der Waals surface area contributed by atoms with Crippen molar-refractivity contribution in [3.63, 3.8) is 0 Å². The van der Waals surface area contributed by atoms with Crippen LogP contribution in [-0.2, 0) is 9.53 Å². The zero-order chi connectivity index (χ0) is 8.43. The molecule has 0 aromatic carbocycles. The Hall–Kier alpha value is -0.830. The summed E-state index contributed by atoms with van der Waals surface area (Å²) in [5.74, 6) is -0.830. The first-order valence-electron chi connectivity index (χ1n) is 3.62. The van der Waals surface area contributed by atoms with Crippen molar-refractivity contribution < 1.29 is 14.6 Å². The largest absolute Gasteiger partial charge is 0.478 e. The second-order valence-electron chi connectivity index (χ2n) is 2.87. The number of hydrogen-bond donors (Lipinski definition) is 1. The number of carboxylic acids is 1. The van der Waals surface area contributed by atoms with Gasteiger partial charge in [0.2, 0.25) is 0 Å². The van der Waals surface area contributed by atoms with E-state index in [-0.39, 0.29) is 6.10 Å². The van der Waals surface area contributed by atoms with E-state index in [0.717, 1.165) is 18.6 Å². The Morgan fingerprint density at radius 3 is 2.55 bits per heavy atom. The Bertz CT molecular complexity index is 201. The highest BCUT2D eigenvalue weighted by Crippen LogP contribution is 2.20. The fraction of sp³-hybridized carbons (Fsp3) is 0.625. The van der Waals surface area contributed by atoms with E-state index in [1.807, 2.05) is 6.92 Å². The average Bonchev–Trinajstić information content (AvgIpc) is 2.69. The number of epoxide rings is 1. The average molecular weight is 156 g/mol. The molecule has 0 spiro atoms. The van der Waals surface area contributed by atoms with E-state index in [1.165, 1.54) is 0 Å². The number of hydrogen-bond acceptors (Lipinski definition) is 2. The summed E-state index contributed by atoms with van der Waals surface area (Å²) in [5, 5.41) is 8.59. The molecule has 0 amide bonds. The fourth-order valence-corrected chi connectivity index (χ4v) is 0.863. The lowest BCUT2D eigenvalue weighted by Crippen LogP contribution is -2.01. The molecule has 0 aromatic heterocycles. The summed E-state index contributed by atoms with van der Waals surface area (Å²) in [6, 6.07) is 0. The first kappa shape index (κ1) is 8.27. The van der Waals surface area contributed by atoms with E-state index >= 15 is 0 Å². The highest BCUT2D eigenvalue weighted by molar-refractivity contribution is 5.86. The molecule has 1 heterocycles. The van der Waals surface area contributed by atoms with Gasteiger partial charge in [-0.3, -0.25) is 0 Å². The van der Waals surface area contributed by atoms with Crippen molar-refractivity contribution in [2.45, 2.75) is 26.4 Å². The Kier molecular flexibility index (Phi) is 2.29. The lowest BCUT2D eigenvalue weighted by atomic mass is 10.1. The summed E-state index contributed by atoms with van der Waals surface area (Å²) >= 11 is 0. The van der Waals surface area contributed by atoms with Gasteiger partial charge in [-0.25, -0.2) is 4.79 Å².